The van der Waals surface area contributed by atoms with Crippen molar-refractivity contribution in [3.05, 3.63) is 39.5 Å². The van der Waals surface area contributed by atoms with Crippen molar-refractivity contribution in [2.24, 2.45) is 0 Å². The molecule has 0 aliphatic rings. The van der Waals surface area contributed by atoms with Gasteiger partial charge in [0.15, 0.2) is 0 Å². The lowest BCUT2D eigenvalue weighted by atomic mass is 10.3. The Labute approximate surface area is 113 Å². The van der Waals surface area contributed by atoms with E-state index in [-0.39, 0.29) is 11.1 Å². The third kappa shape index (κ3) is 2.91. The highest BCUT2D eigenvalue weighted by Gasteiger charge is 2.06. The molecule has 88 valence electrons. The molecule has 0 unspecified atom stereocenters. The van der Waals surface area contributed by atoms with Gasteiger partial charge in [-0.3, -0.25) is 0 Å². The first kappa shape index (κ1) is 12.2. The van der Waals surface area contributed by atoms with Crippen molar-refractivity contribution in [3.63, 3.8) is 0 Å². The molecule has 4 nitrogen and oxygen atoms in total. The summed E-state index contributed by atoms with van der Waals surface area (Å²) in [6.07, 6.45) is 0. The fourth-order valence-corrected chi connectivity index (χ4v) is 1.78. The molecule has 0 radical (unpaired) electrons. The van der Waals surface area contributed by atoms with E-state index < -0.39 is 0 Å². The molecular formula is C10H7Cl3N4. The predicted molar refractivity (Wildman–Crippen MR) is 71.2 cm³/mol. The largest absolute Gasteiger partial charge is 0.368 e. The van der Waals surface area contributed by atoms with E-state index in [1.54, 1.807) is 18.2 Å². The molecule has 0 aliphatic carbocycles. The topological polar surface area (TPSA) is 63.8 Å². The van der Waals surface area contributed by atoms with Crippen LogP contribution in [0.3, 0.4) is 0 Å². The maximum absolute atomic E-state index is 6.02. The van der Waals surface area contributed by atoms with Gasteiger partial charge in [-0.25, -0.2) is 4.98 Å². The van der Waals surface area contributed by atoms with Gasteiger partial charge in [-0.1, -0.05) is 40.9 Å². The monoisotopic (exact) mass is 288 g/mol. The third-order valence-corrected chi connectivity index (χ3v) is 2.94. The van der Waals surface area contributed by atoms with Gasteiger partial charge in [0.2, 0.25) is 5.95 Å². The van der Waals surface area contributed by atoms with Crippen molar-refractivity contribution < 1.29 is 0 Å². The molecule has 0 aliphatic heterocycles. The van der Waals surface area contributed by atoms with Gasteiger partial charge in [0.1, 0.15) is 11.0 Å². The molecule has 2 rings (SSSR count). The molecule has 7 heteroatoms. The van der Waals surface area contributed by atoms with Gasteiger partial charge in [-0.2, -0.15) is 4.98 Å². The minimum absolute atomic E-state index is 0.0816. The smallest absolute Gasteiger partial charge is 0.223 e. The summed E-state index contributed by atoms with van der Waals surface area (Å²) in [6, 6.07) is 6.76. The summed E-state index contributed by atoms with van der Waals surface area (Å²) in [5, 5.41) is 4.06. The lowest BCUT2D eigenvalue weighted by molar-refractivity contribution is 1.18. The van der Waals surface area contributed by atoms with Gasteiger partial charge in [0.25, 0.3) is 0 Å². The number of benzene rings is 1. The number of hydrogen-bond donors (Lipinski definition) is 2. The zero-order chi connectivity index (χ0) is 12.4. The fraction of sp³-hybridized carbons (Fsp3) is 0. The van der Waals surface area contributed by atoms with Crippen LogP contribution in [-0.2, 0) is 0 Å². The van der Waals surface area contributed by atoms with Crippen molar-refractivity contribution >= 4 is 52.3 Å². The van der Waals surface area contributed by atoms with Crippen LogP contribution in [0.4, 0.5) is 17.5 Å². The average molecular weight is 290 g/mol. The van der Waals surface area contributed by atoms with Crippen molar-refractivity contribution in [2.75, 3.05) is 11.1 Å². The standard InChI is InChI=1S/C10H7Cl3N4/c11-5-2-1-3-6(9(5)13)15-8-4-7(12)16-10(14)17-8/h1-4H,(H3,14,15,16,17). The fourth-order valence-electron chi connectivity index (χ4n) is 1.24. The van der Waals surface area contributed by atoms with Crippen molar-refractivity contribution in [1.29, 1.82) is 0 Å². The van der Waals surface area contributed by atoms with Crippen molar-refractivity contribution in [3.8, 4) is 0 Å². The number of nitrogens with two attached hydrogens (primary N) is 1. The Bertz CT molecular complexity index is 539. The van der Waals surface area contributed by atoms with Crippen LogP contribution in [0.1, 0.15) is 0 Å². The highest BCUT2D eigenvalue weighted by molar-refractivity contribution is 6.43. The molecule has 3 N–H and O–H groups in total. The Balaban J connectivity index is 2.34. The lowest BCUT2D eigenvalue weighted by Crippen LogP contribution is -2.00. The molecular weight excluding hydrogens is 282 g/mol. The molecule has 0 saturated heterocycles. The second-order valence-electron chi connectivity index (χ2n) is 3.16. The number of nitrogens with zero attached hydrogens (tertiary/aromatic N) is 2. The van der Waals surface area contributed by atoms with Gasteiger partial charge < -0.3 is 11.1 Å². The molecule has 1 aromatic carbocycles. The van der Waals surface area contributed by atoms with Crippen LogP contribution in [0, 0.1) is 0 Å². The number of nitrogens with one attached hydrogen (secondary N) is 1. The van der Waals surface area contributed by atoms with E-state index in [2.05, 4.69) is 15.3 Å². The molecule has 0 bridgehead atoms. The number of nitrogen functional groups attached to an aromatic ring is 1. The molecule has 0 saturated carbocycles. The molecule has 0 atom stereocenters. The minimum Gasteiger partial charge on any atom is -0.368 e. The van der Waals surface area contributed by atoms with Gasteiger partial charge in [-0.05, 0) is 12.1 Å². The van der Waals surface area contributed by atoms with Gasteiger partial charge >= 0.3 is 0 Å². The van der Waals surface area contributed by atoms with E-state index in [9.17, 15) is 0 Å². The van der Waals surface area contributed by atoms with Crippen molar-refractivity contribution in [2.45, 2.75) is 0 Å². The summed E-state index contributed by atoms with van der Waals surface area (Å²) in [7, 11) is 0. The summed E-state index contributed by atoms with van der Waals surface area (Å²) >= 11 is 17.7. The second kappa shape index (κ2) is 4.96. The maximum atomic E-state index is 6.02. The molecule has 0 amide bonds. The van der Waals surface area contributed by atoms with Crippen molar-refractivity contribution in [1.82, 2.24) is 9.97 Å². The van der Waals surface area contributed by atoms with E-state index in [1.165, 1.54) is 6.07 Å². The van der Waals surface area contributed by atoms with Crippen LogP contribution in [0.15, 0.2) is 24.3 Å². The molecule has 1 aromatic heterocycles. The predicted octanol–water partition coefficient (Wildman–Crippen LogP) is 3.76. The van der Waals surface area contributed by atoms with E-state index in [4.69, 9.17) is 40.5 Å². The van der Waals surface area contributed by atoms with Gasteiger partial charge in [0, 0.05) is 6.07 Å². The second-order valence-corrected chi connectivity index (χ2v) is 4.33. The summed E-state index contributed by atoms with van der Waals surface area (Å²) in [4.78, 5) is 7.72. The van der Waals surface area contributed by atoms with Crippen LogP contribution in [-0.4, -0.2) is 9.97 Å². The number of anilines is 3. The third-order valence-electron chi connectivity index (χ3n) is 1.93. The molecule has 0 spiro atoms. The number of rotatable bonds is 2. The highest BCUT2D eigenvalue weighted by Crippen LogP contribution is 2.31. The molecule has 17 heavy (non-hydrogen) atoms. The highest BCUT2D eigenvalue weighted by atomic mass is 35.5. The Morgan fingerprint density at radius 2 is 1.88 bits per heavy atom. The number of aromatic nitrogens is 2. The summed E-state index contributed by atoms with van der Waals surface area (Å²) < 4.78 is 0. The van der Waals surface area contributed by atoms with E-state index in [0.29, 0.717) is 21.6 Å². The molecule has 2 aromatic rings. The summed E-state index contributed by atoms with van der Waals surface area (Å²) in [5.74, 6) is 0.532. The quantitative estimate of drug-likeness (QED) is 0.826. The number of halogens is 3. The Morgan fingerprint density at radius 3 is 2.59 bits per heavy atom. The van der Waals surface area contributed by atoms with E-state index >= 15 is 0 Å². The summed E-state index contributed by atoms with van der Waals surface area (Å²) in [5.41, 5.74) is 6.09. The Kier molecular flexibility index (Phi) is 3.57. The van der Waals surface area contributed by atoms with E-state index in [0.717, 1.165) is 0 Å². The first-order valence-electron chi connectivity index (χ1n) is 4.57. The summed E-state index contributed by atoms with van der Waals surface area (Å²) in [6.45, 7) is 0. The molecule has 1 heterocycles. The maximum Gasteiger partial charge on any atom is 0.223 e. The Morgan fingerprint density at radius 1 is 1.12 bits per heavy atom. The SMILES string of the molecule is Nc1nc(Cl)cc(Nc2cccc(Cl)c2Cl)n1. The van der Waals surface area contributed by atoms with Crippen LogP contribution >= 0.6 is 34.8 Å². The van der Waals surface area contributed by atoms with Crippen LogP contribution < -0.4 is 11.1 Å². The minimum atomic E-state index is 0.0816. The zero-order valence-electron chi connectivity index (χ0n) is 8.42. The normalized spacial score (nSPS) is 10.3. The Hall–Kier alpha value is -1.23. The van der Waals surface area contributed by atoms with Gasteiger partial charge in [0.05, 0.1) is 15.7 Å². The zero-order valence-corrected chi connectivity index (χ0v) is 10.7. The molecule has 0 fully saturated rings. The first-order chi connectivity index (χ1) is 8.06. The van der Waals surface area contributed by atoms with Crippen LogP contribution in [0.2, 0.25) is 15.2 Å². The van der Waals surface area contributed by atoms with E-state index in [1.807, 2.05) is 0 Å². The van der Waals surface area contributed by atoms with Crippen LogP contribution in [0.5, 0.6) is 0 Å². The number of hydrogen-bond acceptors (Lipinski definition) is 4. The average Bonchev–Trinajstić information content (AvgIpc) is 2.23. The van der Waals surface area contributed by atoms with Gasteiger partial charge in [-0.15, -0.1) is 0 Å². The lowest BCUT2D eigenvalue weighted by Gasteiger charge is -2.08. The first-order valence-corrected chi connectivity index (χ1v) is 5.71. The van der Waals surface area contributed by atoms with Crippen LogP contribution in [0.25, 0.3) is 0 Å².